The number of hydrogen-bond donors (Lipinski definition) is 1. The fourth-order valence-corrected chi connectivity index (χ4v) is 3.07. The normalized spacial score (nSPS) is 16.5. The van der Waals surface area contributed by atoms with Crippen LogP contribution in [0, 0.1) is 19.3 Å². The van der Waals surface area contributed by atoms with Gasteiger partial charge >= 0.3 is 0 Å². The van der Waals surface area contributed by atoms with Crippen LogP contribution in [-0.4, -0.2) is 55.1 Å². The number of rotatable bonds is 4. The third-order valence-corrected chi connectivity index (χ3v) is 4.24. The van der Waals surface area contributed by atoms with Crippen molar-refractivity contribution in [1.29, 1.82) is 0 Å². The van der Waals surface area contributed by atoms with E-state index < -0.39 is 0 Å². The minimum Gasteiger partial charge on any atom is -0.347 e. The summed E-state index contributed by atoms with van der Waals surface area (Å²) >= 11 is 1.69. The number of carbonyl (C=O) groups is 1. The number of thiazole rings is 1. The van der Waals surface area contributed by atoms with Gasteiger partial charge in [0.05, 0.1) is 18.8 Å². The molecule has 2 heterocycles. The molecule has 0 unspecified atom stereocenters. The Labute approximate surface area is 124 Å². The summed E-state index contributed by atoms with van der Waals surface area (Å²) in [5.41, 5.74) is 1.07. The highest BCUT2D eigenvalue weighted by Gasteiger charge is 2.18. The maximum absolute atomic E-state index is 11.7. The molecular weight excluding hydrogens is 272 g/mol. The Kier molecular flexibility index (Phi) is 5.39. The molecule has 2 rings (SSSR count). The van der Waals surface area contributed by atoms with Crippen LogP contribution in [0.1, 0.15) is 12.1 Å². The SMILES string of the molecule is C#CCNC(=O)CN1CCCN(c2nc(C)cs2)CC1. The lowest BCUT2D eigenvalue weighted by Gasteiger charge is -2.20. The van der Waals surface area contributed by atoms with Crippen molar-refractivity contribution in [3.05, 3.63) is 11.1 Å². The molecule has 1 fully saturated rings. The maximum Gasteiger partial charge on any atom is 0.234 e. The van der Waals surface area contributed by atoms with Crippen molar-refractivity contribution in [2.45, 2.75) is 13.3 Å². The van der Waals surface area contributed by atoms with Gasteiger partial charge < -0.3 is 10.2 Å². The van der Waals surface area contributed by atoms with Crippen molar-refractivity contribution in [3.63, 3.8) is 0 Å². The number of carbonyl (C=O) groups excluding carboxylic acids is 1. The number of terminal acetylenes is 1. The molecule has 6 heteroatoms. The van der Waals surface area contributed by atoms with Crippen LogP contribution in [0.5, 0.6) is 0 Å². The van der Waals surface area contributed by atoms with Gasteiger partial charge in [0.1, 0.15) is 0 Å². The number of aryl methyl sites for hydroxylation is 1. The standard InChI is InChI=1S/C14H20N4OS/c1-3-5-15-13(19)10-17-6-4-7-18(9-8-17)14-16-12(2)11-20-14/h1,11H,4-10H2,2H3,(H,15,19). The molecule has 0 aromatic carbocycles. The lowest BCUT2D eigenvalue weighted by molar-refractivity contribution is -0.121. The monoisotopic (exact) mass is 292 g/mol. The van der Waals surface area contributed by atoms with Crippen molar-refractivity contribution in [2.24, 2.45) is 0 Å². The number of anilines is 1. The third kappa shape index (κ3) is 4.22. The van der Waals surface area contributed by atoms with Gasteiger partial charge in [0.2, 0.25) is 5.91 Å². The predicted molar refractivity (Wildman–Crippen MR) is 82.0 cm³/mol. The van der Waals surface area contributed by atoms with E-state index >= 15 is 0 Å². The largest absolute Gasteiger partial charge is 0.347 e. The Hall–Kier alpha value is -1.58. The second kappa shape index (κ2) is 7.27. The molecule has 1 aliphatic heterocycles. The number of nitrogens with zero attached hydrogens (tertiary/aromatic N) is 3. The van der Waals surface area contributed by atoms with E-state index in [1.807, 2.05) is 6.92 Å². The highest BCUT2D eigenvalue weighted by atomic mass is 32.1. The maximum atomic E-state index is 11.7. The van der Waals surface area contributed by atoms with Gasteiger partial charge in [0.25, 0.3) is 0 Å². The van der Waals surface area contributed by atoms with Crippen molar-refractivity contribution < 1.29 is 4.79 Å². The third-order valence-electron chi connectivity index (χ3n) is 3.22. The molecule has 1 amide bonds. The van der Waals surface area contributed by atoms with Gasteiger partial charge in [-0.25, -0.2) is 4.98 Å². The molecule has 1 aliphatic rings. The van der Waals surface area contributed by atoms with Gasteiger partial charge in [-0.2, -0.15) is 0 Å². The molecule has 1 aromatic heterocycles. The van der Waals surface area contributed by atoms with Crippen molar-refractivity contribution >= 4 is 22.4 Å². The molecule has 0 bridgehead atoms. The van der Waals surface area contributed by atoms with Crippen LogP contribution in [0.15, 0.2) is 5.38 Å². The van der Waals surface area contributed by atoms with Gasteiger partial charge in [-0.15, -0.1) is 17.8 Å². The summed E-state index contributed by atoms with van der Waals surface area (Å²) in [6.45, 7) is 6.46. The second-order valence-corrected chi connectivity index (χ2v) is 5.71. The summed E-state index contributed by atoms with van der Waals surface area (Å²) in [6.07, 6.45) is 6.17. The first kappa shape index (κ1) is 14.8. The molecule has 0 atom stereocenters. The minimum atomic E-state index is 0.00138. The van der Waals surface area contributed by atoms with E-state index in [-0.39, 0.29) is 5.91 Å². The van der Waals surface area contributed by atoms with Gasteiger partial charge in [-0.1, -0.05) is 5.92 Å². The summed E-state index contributed by atoms with van der Waals surface area (Å²) in [5.74, 6) is 2.41. The smallest absolute Gasteiger partial charge is 0.234 e. The van der Waals surface area contributed by atoms with Crippen LogP contribution >= 0.6 is 11.3 Å². The lowest BCUT2D eigenvalue weighted by atomic mass is 10.4. The van der Waals surface area contributed by atoms with E-state index in [0.717, 1.165) is 43.4 Å². The first-order valence-electron chi connectivity index (χ1n) is 6.78. The Morgan fingerprint density at radius 1 is 1.50 bits per heavy atom. The minimum absolute atomic E-state index is 0.00138. The van der Waals surface area contributed by atoms with Crippen molar-refractivity contribution in [2.75, 3.05) is 44.2 Å². The summed E-state index contributed by atoms with van der Waals surface area (Å²) in [7, 11) is 0. The first-order valence-corrected chi connectivity index (χ1v) is 7.66. The van der Waals surface area contributed by atoms with E-state index in [1.54, 1.807) is 11.3 Å². The van der Waals surface area contributed by atoms with Crippen LogP contribution in [-0.2, 0) is 4.79 Å². The Bertz CT molecular complexity index is 494. The predicted octanol–water partition coefficient (Wildman–Crippen LogP) is 0.713. The summed E-state index contributed by atoms with van der Waals surface area (Å²) in [6, 6.07) is 0. The quantitative estimate of drug-likeness (QED) is 0.831. The summed E-state index contributed by atoms with van der Waals surface area (Å²) in [5, 5.41) is 5.86. The molecule has 1 saturated heterocycles. The molecule has 0 radical (unpaired) electrons. The molecule has 1 aromatic rings. The lowest BCUT2D eigenvalue weighted by Crippen LogP contribution is -2.39. The van der Waals surface area contributed by atoms with Crippen molar-refractivity contribution in [1.82, 2.24) is 15.2 Å². The van der Waals surface area contributed by atoms with E-state index in [4.69, 9.17) is 6.42 Å². The molecule has 5 nitrogen and oxygen atoms in total. The van der Waals surface area contributed by atoms with E-state index in [0.29, 0.717) is 13.1 Å². The zero-order chi connectivity index (χ0) is 14.4. The average Bonchev–Trinajstić information content (AvgIpc) is 2.72. The number of amides is 1. The Balaban J connectivity index is 1.83. The van der Waals surface area contributed by atoms with Crippen LogP contribution in [0.3, 0.4) is 0 Å². The van der Waals surface area contributed by atoms with Gasteiger partial charge in [0.15, 0.2) is 5.13 Å². The molecule has 108 valence electrons. The topological polar surface area (TPSA) is 48.5 Å². The number of aromatic nitrogens is 1. The Morgan fingerprint density at radius 2 is 2.35 bits per heavy atom. The van der Waals surface area contributed by atoms with Gasteiger partial charge in [0, 0.05) is 31.6 Å². The molecule has 0 spiro atoms. The fraction of sp³-hybridized carbons (Fsp3) is 0.571. The van der Waals surface area contributed by atoms with E-state index in [1.165, 1.54) is 0 Å². The molecule has 20 heavy (non-hydrogen) atoms. The number of hydrogen-bond acceptors (Lipinski definition) is 5. The van der Waals surface area contributed by atoms with Crippen molar-refractivity contribution in [3.8, 4) is 12.3 Å². The van der Waals surface area contributed by atoms with Gasteiger partial charge in [-0.3, -0.25) is 9.69 Å². The Morgan fingerprint density at radius 3 is 3.05 bits per heavy atom. The van der Waals surface area contributed by atoms with Crippen LogP contribution in [0.2, 0.25) is 0 Å². The molecule has 0 aliphatic carbocycles. The van der Waals surface area contributed by atoms with Crippen LogP contribution in [0.25, 0.3) is 0 Å². The van der Waals surface area contributed by atoms with E-state index in [2.05, 4.69) is 31.4 Å². The van der Waals surface area contributed by atoms with Crippen LogP contribution in [0.4, 0.5) is 5.13 Å². The zero-order valence-electron chi connectivity index (χ0n) is 11.8. The molecule has 1 N–H and O–H groups in total. The summed E-state index contributed by atoms with van der Waals surface area (Å²) < 4.78 is 0. The second-order valence-electron chi connectivity index (χ2n) is 4.87. The number of nitrogens with one attached hydrogen (secondary N) is 1. The van der Waals surface area contributed by atoms with E-state index in [9.17, 15) is 4.79 Å². The summed E-state index contributed by atoms with van der Waals surface area (Å²) in [4.78, 5) is 20.7. The highest BCUT2D eigenvalue weighted by molar-refractivity contribution is 7.13. The highest BCUT2D eigenvalue weighted by Crippen LogP contribution is 2.21. The zero-order valence-corrected chi connectivity index (χ0v) is 12.6. The average molecular weight is 292 g/mol. The first-order chi connectivity index (χ1) is 9.69. The molecule has 0 saturated carbocycles. The van der Waals surface area contributed by atoms with Crippen LogP contribution < -0.4 is 10.2 Å². The fourth-order valence-electron chi connectivity index (χ4n) is 2.22. The molecular formula is C14H20N4OS. The van der Waals surface area contributed by atoms with Gasteiger partial charge in [-0.05, 0) is 13.3 Å².